The highest BCUT2D eigenvalue weighted by molar-refractivity contribution is 5.66. The average Bonchev–Trinajstić information content (AvgIpc) is 2.72. The third-order valence-corrected chi connectivity index (χ3v) is 4.66. The highest BCUT2D eigenvalue weighted by Gasteiger charge is 1.97. The number of carboxylic acid groups (broad SMARTS) is 2. The molecule has 0 aliphatic carbocycles. The van der Waals surface area contributed by atoms with Gasteiger partial charge in [-0.3, -0.25) is 9.59 Å². The Kier molecular flexibility index (Phi) is 33.6. The molecule has 0 amide bonds. The van der Waals surface area contributed by atoms with E-state index in [1.807, 2.05) is 6.92 Å². The maximum atomic E-state index is 10.1. The Bertz CT molecular complexity index is 321. The minimum atomic E-state index is -0.666. The summed E-state index contributed by atoms with van der Waals surface area (Å²) in [7, 11) is 0. The van der Waals surface area contributed by atoms with Gasteiger partial charge in [-0.1, -0.05) is 85.0 Å². The third kappa shape index (κ3) is 41.3. The number of hydrogen-bond donors (Lipinski definition) is 4. The summed E-state index contributed by atoms with van der Waals surface area (Å²) in [6, 6.07) is 0. The van der Waals surface area contributed by atoms with Crippen LogP contribution in [0.15, 0.2) is 0 Å². The van der Waals surface area contributed by atoms with E-state index in [1.54, 1.807) is 0 Å². The molecule has 0 aliphatic heterocycles. The molecule has 0 heterocycles. The van der Waals surface area contributed by atoms with E-state index >= 15 is 0 Å². The topological polar surface area (TPSA) is 115 Å². The van der Waals surface area contributed by atoms with Crippen LogP contribution < -0.4 is 0 Å². The number of hydrogen-bond acceptors (Lipinski definition) is 4. The smallest absolute Gasteiger partial charge is 0.303 e. The van der Waals surface area contributed by atoms with Gasteiger partial charge in [-0.2, -0.15) is 0 Å². The number of aliphatic hydroxyl groups is 2. The van der Waals surface area contributed by atoms with Crippen LogP contribution in [0.2, 0.25) is 0 Å². The van der Waals surface area contributed by atoms with Crippen LogP contribution in [-0.2, 0) is 9.59 Å². The monoisotopic (exact) mass is 434 g/mol. The molecule has 6 nitrogen and oxygen atoms in total. The summed E-state index contributed by atoms with van der Waals surface area (Å²) >= 11 is 0. The van der Waals surface area contributed by atoms with Crippen molar-refractivity contribution in [2.45, 2.75) is 124 Å². The number of rotatable bonds is 18. The third-order valence-electron chi connectivity index (χ3n) is 4.66. The molecule has 0 aliphatic rings. The van der Waals surface area contributed by atoms with Crippen molar-refractivity contribution in [3.8, 4) is 0 Å². The molecule has 0 saturated heterocycles. The predicted octanol–water partition coefficient (Wildman–Crippen LogP) is 6.03. The van der Waals surface area contributed by atoms with E-state index in [0.29, 0.717) is 18.8 Å². The molecule has 0 rings (SSSR count). The molecule has 0 spiro atoms. The van der Waals surface area contributed by atoms with Crippen molar-refractivity contribution < 1.29 is 30.0 Å². The lowest BCUT2D eigenvalue weighted by atomic mass is 10.1. The van der Waals surface area contributed by atoms with E-state index in [1.165, 1.54) is 51.4 Å². The van der Waals surface area contributed by atoms with Gasteiger partial charge < -0.3 is 20.4 Å². The molecule has 4 N–H and O–H groups in total. The maximum Gasteiger partial charge on any atom is 0.303 e. The zero-order chi connectivity index (χ0) is 23.5. The zero-order valence-corrected chi connectivity index (χ0v) is 19.9. The van der Waals surface area contributed by atoms with Crippen molar-refractivity contribution in [3.63, 3.8) is 0 Å². The second-order valence-corrected chi connectivity index (χ2v) is 7.98. The highest BCUT2D eigenvalue weighted by atomic mass is 16.4. The molecule has 30 heavy (non-hydrogen) atoms. The number of carbonyl (C=O) groups is 2. The minimum Gasteiger partial charge on any atom is -0.481 e. The van der Waals surface area contributed by atoms with Crippen molar-refractivity contribution in [1.29, 1.82) is 0 Å². The Morgan fingerprint density at radius 3 is 1.30 bits per heavy atom. The maximum absolute atomic E-state index is 10.1. The van der Waals surface area contributed by atoms with Crippen molar-refractivity contribution in [1.82, 2.24) is 0 Å². The highest BCUT2D eigenvalue weighted by Crippen LogP contribution is 2.07. The van der Waals surface area contributed by atoms with E-state index in [9.17, 15) is 9.59 Å². The lowest BCUT2D eigenvalue weighted by Crippen LogP contribution is -2.00. The van der Waals surface area contributed by atoms with Crippen LogP contribution >= 0.6 is 0 Å². The van der Waals surface area contributed by atoms with E-state index < -0.39 is 11.9 Å². The van der Waals surface area contributed by atoms with Crippen LogP contribution in [0.25, 0.3) is 0 Å². The Labute approximate surface area is 185 Å². The Balaban J connectivity index is -0.000000370. The van der Waals surface area contributed by atoms with Gasteiger partial charge >= 0.3 is 11.9 Å². The van der Waals surface area contributed by atoms with Gasteiger partial charge in [-0.05, 0) is 31.6 Å². The van der Waals surface area contributed by atoms with Gasteiger partial charge in [0.1, 0.15) is 0 Å². The van der Waals surface area contributed by atoms with E-state index in [2.05, 4.69) is 13.8 Å². The molecule has 182 valence electrons. The molecule has 1 atom stereocenters. The van der Waals surface area contributed by atoms with Crippen molar-refractivity contribution in [3.05, 3.63) is 0 Å². The Morgan fingerprint density at radius 2 is 1.00 bits per heavy atom. The van der Waals surface area contributed by atoms with Crippen LogP contribution in [0.4, 0.5) is 0 Å². The van der Waals surface area contributed by atoms with Gasteiger partial charge in [-0.25, -0.2) is 0 Å². The molecule has 0 bridgehead atoms. The lowest BCUT2D eigenvalue weighted by molar-refractivity contribution is -0.138. The Morgan fingerprint density at radius 1 is 0.633 bits per heavy atom. The summed E-state index contributed by atoms with van der Waals surface area (Å²) in [6.45, 7) is 6.80. The number of unbranched alkanes of at least 4 members (excludes halogenated alkanes) is 10. The van der Waals surface area contributed by atoms with Crippen LogP contribution in [0.3, 0.4) is 0 Å². The first-order valence-electron chi connectivity index (χ1n) is 12.0. The van der Waals surface area contributed by atoms with Crippen LogP contribution in [0, 0.1) is 5.92 Å². The average molecular weight is 435 g/mol. The normalized spacial score (nSPS) is 11.0. The van der Waals surface area contributed by atoms with Crippen LogP contribution in [0.5, 0.6) is 0 Å². The molecule has 0 fully saturated rings. The number of aliphatic hydroxyl groups excluding tert-OH is 2. The summed E-state index contributed by atoms with van der Waals surface area (Å²) in [5.74, 6) is -0.983. The second-order valence-electron chi connectivity index (χ2n) is 7.98. The fourth-order valence-electron chi connectivity index (χ4n) is 2.64. The fraction of sp³-hybridized carbons (Fsp3) is 0.917. The number of carboxylic acids is 2. The van der Waals surface area contributed by atoms with Crippen molar-refractivity contribution in [2.24, 2.45) is 5.92 Å². The molecule has 6 heteroatoms. The van der Waals surface area contributed by atoms with Crippen molar-refractivity contribution >= 4 is 11.9 Å². The standard InChI is InChI=1S/2C9H18O2.C6H14O2/c2*1-2-3-4-5-6-7-8-9(10)11;1-6(5-8)3-2-4-7/h2*2-8H2,1H3,(H,10,11);6-8H,2-5H2,1H3. The predicted molar refractivity (Wildman–Crippen MR) is 124 cm³/mol. The number of aliphatic carboxylic acids is 2. The lowest BCUT2D eigenvalue weighted by Gasteiger charge is -2.03. The van der Waals surface area contributed by atoms with E-state index in [0.717, 1.165) is 38.5 Å². The van der Waals surface area contributed by atoms with Gasteiger partial charge in [0.05, 0.1) is 0 Å². The molecule has 0 aromatic heterocycles. The molecular weight excluding hydrogens is 384 g/mol. The fourth-order valence-corrected chi connectivity index (χ4v) is 2.64. The second kappa shape index (κ2) is 30.1. The van der Waals surface area contributed by atoms with E-state index in [4.69, 9.17) is 20.4 Å². The van der Waals surface area contributed by atoms with Gasteiger partial charge in [0.25, 0.3) is 0 Å². The quantitative estimate of drug-likeness (QED) is 0.196. The van der Waals surface area contributed by atoms with Gasteiger partial charge in [0.15, 0.2) is 0 Å². The molecule has 0 aromatic carbocycles. The first-order valence-corrected chi connectivity index (χ1v) is 12.0. The minimum absolute atomic E-state index is 0.236. The van der Waals surface area contributed by atoms with Crippen LogP contribution in [-0.4, -0.2) is 45.6 Å². The molecule has 0 aromatic rings. The summed E-state index contributed by atoms with van der Waals surface area (Å²) in [5.41, 5.74) is 0. The van der Waals surface area contributed by atoms with Crippen molar-refractivity contribution in [2.75, 3.05) is 13.2 Å². The Hall–Kier alpha value is -1.14. The summed E-state index contributed by atoms with van der Waals surface area (Å²) in [5, 5.41) is 33.4. The molecule has 1 unspecified atom stereocenters. The molecule has 0 radical (unpaired) electrons. The van der Waals surface area contributed by atoms with Crippen LogP contribution in [0.1, 0.15) is 124 Å². The first-order chi connectivity index (χ1) is 14.3. The zero-order valence-electron chi connectivity index (χ0n) is 19.9. The summed E-state index contributed by atoms with van der Waals surface area (Å²) in [6.07, 6.45) is 16.2. The SMILES string of the molecule is CC(CO)CCCO.CCCCCCCCC(=O)O.CCCCCCCCC(=O)O. The molecule has 0 saturated carbocycles. The first kappa shape index (κ1) is 33.5. The van der Waals surface area contributed by atoms with Gasteiger partial charge in [0, 0.05) is 26.1 Å². The largest absolute Gasteiger partial charge is 0.481 e. The molecular formula is C24H50O6. The summed E-state index contributed by atoms with van der Waals surface area (Å²) < 4.78 is 0. The van der Waals surface area contributed by atoms with E-state index in [-0.39, 0.29) is 13.2 Å². The van der Waals surface area contributed by atoms with Gasteiger partial charge in [-0.15, -0.1) is 0 Å². The summed E-state index contributed by atoms with van der Waals surface area (Å²) in [4.78, 5) is 20.2. The van der Waals surface area contributed by atoms with Gasteiger partial charge in [0.2, 0.25) is 0 Å².